The summed E-state index contributed by atoms with van der Waals surface area (Å²) in [7, 11) is 6.35. The molecular weight excluding hydrogens is 232 g/mol. The first-order valence-corrected chi connectivity index (χ1v) is 7.02. The van der Waals surface area contributed by atoms with E-state index < -0.39 is 0 Å². The molecule has 0 spiro atoms. The molecule has 0 aliphatic rings. The van der Waals surface area contributed by atoms with Gasteiger partial charge in [0, 0.05) is 6.04 Å². The van der Waals surface area contributed by atoms with Crippen LogP contribution in [0.5, 0.6) is 0 Å². The molecule has 2 aromatic rings. The van der Waals surface area contributed by atoms with Gasteiger partial charge in [0.1, 0.15) is 0 Å². The van der Waals surface area contributed by atoms with Gasteiger partial charge in [-0.2, -0.15) is 0 Å². The van der Waals surface area contributed by atoms with E-state index in [9.17, 15) is 0 Å². The molecule has 1 unspecified atom stereocenters. The van der Waals surface area contributed by atoms with Crippen LogP contribution in [-0.4, -0.2) is 32.6 Å². The molecule has 2 aromatic carbocycles. The van der Waals surface area contributed by atoms with Crippen LogP contribution in [0.15, 0.2) is 42.5 Å². The molecule has 0 bridgehead atoms. The van der Waals surface area contributed by atoms with Crippen LogP contribution in [0.3, 0.4) is 0 Å². The zero-order valence-electron chi connectivity index (χ0n) is 12.2. The lowest BCUT2D eigenvalue weighted by atomic mass is 9.98. The van der Waals surface area contributed by atoms with E-state index in [4.69, 9.17) is 0 Å². The van der Waals surface area contributed by atoms with Crippen molar-refractivity contribution in [1.29, 1.82) is 0 Å². The van der Waals surface area contributed by atoms with Crippen molar-refractivity contribution in [1.82, 2.24) is 10.2 Å². The van der Waals surface area contributed by atoms with Gasteiger partial charge in [0.05, 0.1) is 0 Å². The largest absolute Gasteiger partial charge is 0.320 e. The molecule has 0 amide bonds. The summed E-state index contributed by atoms with van der Waals surface area (Å²) in [4.78, 5) is 2.32. The molecule has 0 aliphatic carbocycles. The summed E-state index contributed by atoms with van der Waals surface area (Å²) in [6.07, 6.45) is 2.39. The molecule has 0 aromatic heterocycles. The van der Waals surface area contributed by atoms with E-state index in [1.807, 2.05) is 7.05 Å². The summed E-state index contributed by atoms with van der Waals surface area (Å²) < 4.78 is 0. The number of nitrogens with one attached hydrogen (secondary N) is 1. The number of rotatable bonds is 6. The highest BCUT2D eigenvalue weighted by molar-refractivity contribution is 5.83. The van der Waals surface area contributed by atoms with Crippen molar-refractivity contribution < 1.29 is 0 Å². The SMILES string of the molecule is CNCCCC(c1ccc2ccccc2c1)N(C)C. The number of hydrogen-bond donors (Lipinski definition) is 1. The lowest BCUT2D eigenvalue weighted by Crippen LogP contribution is -2.21. The first kappa shape index (κ1) is 14.0. The number of hydrogen-bond acceptors (Lipinski definition) is 2. The topological polar surface area (TPSA) is 15.3 Å². The van der Waals surface area contributed by atoms with E-state index in [0.29, 0.717) is 6.04 Å². The smallest absolute Gasteiger partial charge is 0.0342 e. The van der Waals surface area contributed by atoms with Gasteiger partial charge in [-0.05, 0) is 62.9 Å². The summed E-state index contributed by atoms with van der Waals surface area (Å²) in [6.45, 7) is 1.08. The Hall–Kier alpha value is -1.38. The summed E-state index contributed by atoms with van der Waals surface area (Å²) in [5.74, 6) is 0. The van der Waals surface area contributed by atoms with Crippen LogP contribution in [0.4, 0.5) is 0 Å². The van der Waals surface area contributed by atoms with Gasteiger partial charge >= 0.3 is 0 Å². The predicted octanol–water partition coefficient (Wildman–Crippen LogP) is 3.44. The number of fused-ring (bicyclic) bond motifs is 1. The molecule has 1 N–H and O–H groups in total. The van der Waals surface area contributed by atoms with Gasteiger partial charge in [0.2, 0.25) is 0 Å². The van der Waals surface area contributed by atoms with Gasteiger partial charge in [-0.15, -0.1) is 0 Å². The number of benzene rings is 2. The molecule has 0 fully saturated rings. The number of nitrogens with zero attached hydrogens (tertiary/aromatic N) is 1. The van der Waals surface area contributed by atoms with Crippen molar-refractivity contribution in [3.63, 3.8) is 0 Å². The Kier molecular flexibility index (Phi) is 4.94. The highest BCUT2D eigenvalue weighted by atomic mass is 15.1. The van der Waals surface area contributed by atoms with Gasteiger partial charge in [0.25, 0.3) is 0 Å². The van der Waals surface area contributed by atoms with Crippen molar-refractivity contribution in [3.05, 3.63) is 48.0 Å². The Morgan fingerprint density at radius 2 is 1.79 bits per heavy atom. The molecule has 0 saturated heterocycles. The molecule has 0 heterocycles. The van der Waals surface area contributed by atoms with E-state index >= 15 is 0 Å². The normalized spacial score (nSPS) is 13.1. The van der Waals surface area contributed by atoms with E-state index in [2.05, 4.69) is 66.8 Å². The molecule has 2 heteroatoms. The second kappa shape index (κ2) is 6.69. The Morgan fingerprint density at radius 3 is 2.47 bits per heavy atom. The molecule has 0 radical (unpaired) electrons. The average Bonchev–Trinajstić information content (AvgIpc) is 2.43. The van der Waals surface area contributed by atoms with Crippen LogP contribution in [0, 0.1) is 0 Å². The molecule has 2 rings (SSSR count). The molecule has 2 nitrogen and oxygen atoms in total. The first-order valence-electron chi connectivity index (χ1n) is 7.02. The van der Waals surface area contributed by atoms with Crippen molar-refractivity contribution >= 4 is 10.8 Å². The minimum absolute atomic E-state index is 0.498. The summed E-state index contributed by atoms with van der Waals surface area (Å²) in [6, 6.07) is 15.9. The highest BCUT2D eigenvalue weighted by Gasteiger charge is 2.13. The maximum absolute atomic E-state index is 3.22. The van der Waals surface area contributed by atoms with Crippen LogP contribution in [-0.2, 0) is 0 Å². The second-order valence-corrected chi connectivity index (χ2v) is 5.33. The lowest BCUT2D eigenvalue weighted by molar-refractivity contribution is 0.279. The molecular formula is C17H24N2. The van der Waals surface area contributed by atoms with Gasteiger partial charge in [-0.3, -0.25) is 0 Å². The van der Waals surface area contributed by atoms with Crippen molar-refractivity contribution in [3.8, 4) is 0 Å². The fraction of sp³-hybridized carbons (Fsp3) is 0.412. The van der Waals surface area contributed by atoms with E-state index in [1.54, 1.807) is 0 Å². The van der Waals surface area contributed by atoms with Crippen molar-refractivity contribution in [2.24, 2.45) is 0 Å². The minimum atomic E-state index is 0.498. The van der Waals surface area contributed by atoms with Crippen LogP contribution < -0.4 is 5.32 Å². The van der Waals surface area contributed by atoms with Crippen LogP contribution in [0.2, 0.25) is 0 Å². The van der Waals surface area contributed by atoms with Gasteiger partial charge < -0.3 is 10.2 Å². The Labute approximate surface area is 116 Å². The van der Waals surface area contributed by atoms with E-state index in [1.165, 1.54) is 29.2 Å². The van der Waals surface area contributed by atoms with Gasteiger partial charge in [-0.25, -0.2) is 0 Å². The third-order valence-electron chi connectivity index (χ3n) is 3.69. The quantitative estimate of drug-likeness (QED) is 0.796. The molecule has 0 aliphatic heterocycles. The Morgan fingerprint density at radius 1 is 1.05 bits per heavy atom. The maximum atomic E-state index is 3.22. The van der Waals surface area contributed by atoms with Gasteiger partial charge in [0.15, 0.2) is 0 Å². The fourth-order valence-corrected chi connectivity index (χ4v) is 2.61. The van der Waals surface area contributed by atoms with Gasteiger partial charge in [-0.1, -0.05) is 36.4 Å². The highest BCUT2D eigenvalue weighted by Crippen LogP contribution is 2.26. The maximum Gasteiger partial charge on any atom is 0.0342 e. The predicted molar refractivity (Wildman–Crippen MR) is 83.5 cm³/mol. The third kappa shape index (κ3) is 3.55. The Balaban J connectivity index is 2.23. The third-order valence-corrected chi connectivity index (χ3v) is 3.69. The second-order valence-electron chi connectivity index (χ2n) is 5.33. The summed E-state index contributed by atoms with van der Waals surface area (Å²) in [5, 5.41) is 5.88. The fourth-order valence-electron chi connectivity index (χ4n) is 2.61. The van der Waals surface area contributed by atoms with E-state index in [0.717, 1.165) is 6.54 Å². The van der Waals surface area contributed by atoms with Crippen LogP contribution >= 0.6 is 0 Å². The molecule has 1 atom stereocenters. The average molecular weight is 256 g/mol. The summed E-state index contributed by atoms with van der Waals surface area (Å²) in [5.41, 5.74) is 1.42. The Bertz CT molecular complexity index is 519. The lowest BCUT2D eigenvalue weighted by Gasteiger charge is -2.25. The minimum Gasteiger partial charge on any atom is -0.320 e. The monoisotopic (exact) mass is 256 g/mol. The molecule has 102 valence electrons. The van der Waals surface area contributed by atoms with E-state index in [-0.39, 0.29) is 0 Å². The standard InChI is InChI=1S/C17H24N2/c1-18-12-6-9-17(19(2)3)16-11-10-14-7-4-5-8-15(14)13-16/h4-5,7-8,10-11,13,17-18H,6,9,12H2,1-3H3. The zero-order valence-corrected chi connectivity index (χ0v) is 12.2. The first-order chi connectivity index (χ1) is 9.22. The summed E-state index contributed by atoms with van der Waals surface area (Å²) >= 11 is 0. The van der Waals surface area contributed by atoms with Crippen LogP contribution in [0.25, 0.3) is 10.8 Å². The zero-order chi connectivity index (χ0) is 13.7. The molecule has 0 saturated carbocycles. The molecule has 19 heavy (non-hydrogen) atoms. The van der Waals surface area contributed by atoms with Crippen molar-refractivity contribution in [2.45, 2.75) is 18.9 Å². The van der Waals surface area contributed by atoms with Crippen molar-refractivity contribution in [2.75, 3.05) is 27.7 Å². The van der Waals surface area contributed by atoms with Crippen LogP contribution in [0.1, 0.15) is 24.4 Å².